The highest BCUT2D eigenvalue weighted by Crippen LogP contribution is 2.55. The Morgan fingerprint density at radius 2 is 1.74 bits per heavy atom. The fourth-order valence-electron chi connectivity index (χ4n) is 5.21. The summed E-state index contributed by atoms with van der Waals surface area (Å²) >= 11 is 1.70. The van der Waals surface area contributed by atoms with Gasteiger partial charge < -0.3 is 14.9 Å². The highest BCUT2D eigenvalue weighted by molar-refractivity contribution is 8.00. The topological polar surface area (TPSA) is 70.0 Å². The lowest BCUT2D eigenvalue weighted by molar-refractivity contribution is 0.0895. The quantitative estimate of drug-likeness (QED) is 0.510. The van der Waals surface area contributed by atoms with Gasteiger partial charge in [0.1, 0.15) is 23.9 Å². The Bertz CT molecular complexity index is 1060. The zero-order chi connectivity index (χ0) is 23.5. The Hall–Kier alpha value is -2.70. The predicted octanol–water partition coefficient (Wildman–Crippen LogP) is 5.54. The average Bonchev–Trinajstić information content (AvgIpc) is 3.23. The molecule has 1 aliphatic carbocycles. The number of fused-ring (bicyclic) bond motifs is 1. The number of phenolic OH excluding ortho intramolecular Hbond substituents is 1. The van der Waals surface area contributed by atoms with Crippen molar-refractivity contribution in [2.24, 2.45) is 11.8 Å². The molecular weight excluding hydrogens is 446 g/mol. The molecular formula is C28H31NO4S. The van der Waals surface area contributed by atoms with Crippen LogP contribution in [0.1, 0.15) is 40.4 Å². The molecule has 0 radical (unpaired) electrons. The van der Waals surface area contributed by atoms with Gasteiger partial charge in [-0.1, -0.05) is 24.6 Å². The molecule has 5 rings (SSSR count). The van der Waals surface area contributed by atoms with E-state index in [9.17, 15) is 15.0 Å². The first-order valence-electron chi connectivity index (χ1n) is 12.1. The van der Waals surface area contributed by atoms with E-state index < -0.39 is 0 Å². The molecule has 5 nitrogen and oxygen atoms in total. The maximum absolute atomic E-state index is 13.7. The van der Waals surface area contributed by atoms with Crippen molar-refractivity contribution in [2.75, 3.05) is 26.2 Å². The third kappa shape index (κ3) is 5.03. The maximum atomic E-state index is 13.7. The van der Waals surface area contributed by atoms with Crippen LogP contribution in [0.15, 0.2) is 72.5 Å². The van der Waals surface area contributed by atoms with Crippen LogP contribution in [0.2, 0.25) is 0 Å². The average molecular weight is 478 g/mol. The molecule has 0 bridgehead atoms. The lowest BCUT2D eigenvalue weighted by Crippen LogP contribution is -2.33. The molecule has 4 unspecified atom stereocenters. The van der Waals surface area contributed by atoms with E-state index in [4.69, 9.17) is 4.74 Å². The number of Topliss-reactive ketones (excluding diaryl/α,β-unsaturated/α-hetero) is 1. The molecule has 2 fully saturated rings. The summed E-state index contributed by atoms with van der Waals surface area (Å²) in [7, 11) is 0. The molecule has 3 aliphatic rings. The van der Waals surface area contributed by atoms with E-state index in [1.165, 1.54) is 19.3 Å². The summed E-state index contributed by atoms with van der Waals surface area (Å²) in [6.07, 6.45) is 9.38. The molecule has 4 atom stereocenters. The number of ether oxygens (including phenoxy) is 1. The number of rotatable bonds is 7. The van der Waals surface area contributed by atoms with Crippen molar-refractivity contribution in [3.05, 3.63) is 83.6 Å². The second-order valence-corrected chi connectivity index (χ2v) is 10.6. The third-order valence-electron chi connectivity index (χ3n) is 7.04. The lowest BCUT2D eigenvalue weighted by Gasteiger charge is -2.26. The molecule has 0 amide bonds. The minimum absolute atomic E-state index is 0.00710. The van der Waals surface area contributed by atoms with E-state index in [1.807, 2.05) is 48.6 Å². The van der Waals surface area contributed by atoms with Crippen molar-refractivity contribution in [1.29, 1.82) is 0 Å². The van der Waals surface area contributed by atoms with Crippen LogP contribution in [0, 0.1) is 11.8 Å². The Balaban J connectivity index is 1.30. The summed E-state index contributed by atoms with van der Waals surface area (Å²) in [5.74, 6) is 1.08. The van der Waals surface area contributed by atoms with Crippen LogP contribution in [0.3, 0.4) is 0 Å². The summed E-state index contributed by atoms with van der Waals surface area (Å²) in [6, 6.07) is 14.6. The maximum Gasteiger partial charge on any atom is 0.168 e. The second-order valence-electron chi connectivity index (χ2n) is 9.31. The highest BCUT2D eigenvalue weighted by Gasteiger charge is 2.47. The first kappa shape index (κ1) is 23.1. The third-order valence-corrected chi connectivity index (χ3v) is 8.66. The van der Waals surface area contributed by atoms with Crippen LogP contribution in [-0.4, -0.2) is 52.4 Å². The van der Waals surface area contributed by atoms with E-state index in [-0.39, 0.29) is 39.6 Å². The Labute approximate surface area is 205 Å². The number of likely N-dealkylation sites (tertiary alicyclic amines) is 1. The number of hydrogen-bond donors (Lipinski definition) is 2. The lowest BCUT2D eigenvalue weighted by atomic mass is 9.78. The number of allylic oxidation sites excluding steroid dienone is 2. The van der Waals surface area contributed by atoms with E-state index in [2.05, 4.69) is 4.90 Å². The largest absolute Gasteiger partial charge is 0.508 e. The van der Waals surface area contributed by atoms with Crippen LogP contribution >= 0.6 is 11.8 Å². The molecule has 0 saturated carbocycles. The number of hydrogen-bond acceptors (Lipinski definition) is 6. The number of carbonyl (C=O) groups is 1. The minimum Gasteiger partial charge on any atom is -0.508 e. The number of phenols is 1. The minimum atomic E-state index is -0.258. The molecule has 0 spiro atoms. The molecule has 2 aromatic rings. The molecule has 34 heavy (non-hydrogen) atoms. The first-order chi connectivity index (χ1) is 16.6. The number of nitrogens with zero attached hydrogens (tertiary/aromatic N) is 1. The molecule has 2 aromatic carbocycles. The number of aliphatic hydroxyl groups excluding tert-OH is 1. The fraction of sp³-hybridized carbons (Fsp3) is 0.393. The van der Waals surface area contributed by atoms with Gasteiger partial charge >= 0.3 is 0 Å². The summed E-state index contributed by atoms with van der Waals surface area (Å²) in [5.41, 5.74) is 1.68. The monoisotopic (exact) mass is 477 g/mol. The van der Waals surface area contributed by atoms with Crippen molar-refractivity contribution in [1.82, 2.24) is 4.90 Å². The predicted molar refractivity (Wildman–Crippen MR) is 136 cm³/mol. The van der Waals surface area contributed by atoms with Gasteiger partial charge in [-0.25, -0.2) is 0 Å². The number of piperidine rings is 1. The van der Waals surface area contributed by atoms with Crippen LogP contribution in [0.25, 0.3) is 0 Å². The van der Waals surface area contributed by atoms with Crippen LogP contribution in [0.5, 0.6) is 11.5 Å². The molecule has 2 N–H and O–H groups in total. The van der Waals surface area contributed by atoms with Crippen molar-refractivity contribution in [3.8, 4) is 11.5 Å². The highest BCUT2D eigenvalue weighted by atomic mass is 32.2. The number of ketones is 1. The van der Waals surface area contributed by atoms with Gasteiger partial charge in [0.25, 0.3) is 0 Å². The number of aromatic hydroxyl groups is 1. The van der Waals surface area contributed by atoms with Gasteiger partial charge in [-0.2, -0.15) is 0 Å². The van der Waals surface area contributed by atoms with Gasteiger partial charge in [0, 0.05) is 34.4 Å². The van der Waals surface area contributed by atoms with Gasteiger partial charge in [-0.05, 0) is 80.0 Å². The van der Waals surface area contributed by atoms with Gasteiger partial charge in [0.15, 0.2) is 5.78 Å². The first-order valence-corrected chi connectivity index (χ1v) is 13.1. The summed E-state index contributed by atoms with van der Waals surface area (Å²) in [4.78, 5) is 16.2. The van der Waals surface area contributed by atoms with E-state index >= 15 is 0 Å². The molecule has 0 aromatic heterocycles. The van der Waals surface area contributed by atoms with Gasteiger partial charge in [0.2, 0.25) is 0 Å². The summed E-state index contributed by atoms with van der Waals surface area (Å²) in [6.45, 7) is 3.90. The van der Waals surface area contributed by atoms with Crippen LogP contribution in [0.4, 0.5) is 0 Å². The number of aliphatic hydroxyl groups is 1. The number of carbonyl (C=O) groups excluding carboxylic acids is 1. The Morgan fingerprint density at radius 3 is 2.47 bits per heavy atom. The molecule has 178 valence electrons. The van der Waals surface area contributed by atoms with Crippen molar-refractivity contribution < 1.29 is 19.7 Å². The van der Waals surface area contributed by atoms with Crippen LogP contribution in [-0.2, 0) is 0 Å². The SMILES string of the molecule is O=C(c1ccc(OCCN2CCCCC2)cc1)C1C(c2ccc(O)cc2)SC2C=C(O)C=CC21. The Kier molecular flexibility index (Phi) is 6.97. The van der Waals surface area contributed by atoms with Crippen molar-refractivity contribution >= 4 is 17.5 Å². The van der Waals surface area contributed by atoms with E-state index in [1.54, 1.807) is 30.0 Å². The second kappa shape index (κ2) is 10.3. The molecule has 2 heterocycles. The molecule has 6 heteroatoms. The van der Waals surface area contributed by atoms with E-state index in [0.29, 0.717) is 12.2 Å². The summed E-state index contributed by atoms with van der Waals surface area (Å²) < 4.78 is 5.94. The zero-order valence-electron chi connectivity index (χ0n) is 19.2. The standard InChI is InChI=1S/C28H31NO4S/c30-21-8-4-20(5-9-21)28-26(24-13-10-22(31)18-25(24)34-28)27(32)19-6-11-23(12-7-19)33-17-16-29-14-2-1-3-15-29/h4-13,18,24-26,28,30-31H,1-3,14-17H2. The normalized spacial score (nSPS) is 26.6. The van der Waals surface area contributed by atoms with Crippen molar-refractivity contribution in [3.63, 3.8) is 0 Å². The van der Waals surface area contributed by atoms with Gasteiger partial charge in [0.05, 0.1) is 0 Å². The Morgan fingerprint density at radius 1 is 1.00 bits per heavy atom. The van der Waals surface area contributed by atoms with Crippen molar-refractivity contribution in [2.45, 2.75) is 29.8 Å². The summed E-state index contributed by atoms with van der Waals surface area (Å²) in [5, 5.41) is 19.7. The van der Waals surface area contributed by atoms with Gasteiger partial charge in [-0.3, -0.25) is 9.69 Å². The van der Waals surface area contributed by atoms with E-state index in [0.717, 1.165) is 30.9 Å². The fourth-order valence-corrected chi connectivity index (χ4v) is 7.00. The number of benzene rings is 2. The van der Waals surface area contributed by atoms with Crippen LogP contribution < -0.4 is 4.74 Å². The van der Waals surface area contributed by atoms with Gasteiger partial charge in [-0.15, -0.1) is 11.8 Å². The number of thioether (sulfide) groups is 1. The smallest absolute Gasteiger partial charge is 0.168 e. The molecule has 2 saturated heterocycles. The zero-order valence-corrected chi connectivity index (χ0v) is 20.0. The molecule has 2 aliphatic heterocycles.